The molecule has 0 aliphatic carbocycles. The summed E-state index contributed by atoms with van der Waals surface area (Å²) in [6.45, 7) is 64.8. The maximum atomic E-state index is 2.69. The Morgan fingerprint density at radius 1 is 0.361 bits per heavy atom. The van der Waals surface area contributed by atoms with Crippen molar-refractivity contribution in [1.29, 1.82) is 0 Å². The first-order valence-electron chi connectivity index (χ1n) is 24.1. The minimum atomic E-state index is 0. The van der Waals surface area contributed by atoms with Gasteiger partial charge in [0, 0.05) is 38.3 Å². The van der Waals surface area contributed by atoms with Crippen LogP contribution in [0.5, 0.6) is 0 Å². The van der Waals surface area contributed by atoms with Crippen molar-refractivity contribution in [1.82, 2.24) is 19.6 Å². The summed E-state index contributed by atoms with van der Waals surface area (Å²) in [6.07, 6.45) is 11.1. The van der Waals surface area contributed by atoms with Crippen molar-refractivity contribution >= 4 is 0 Å². The van der Waals surface area contributed by atoms with Gasteiger partial charge in [-0.15, -0.1) is 0 Å². The third-order valence-electron chi connectivity index (χ3n) is 12.9. The molecule has 0 saturated carbocycles. The Bertz CT molecular complexity index is 1020. The lowest BCUT2D eigenvalue weighted by molar-refractivity contribution is 0.0890. The van der Waals surface area contributed by atoms with Crippen molar-refractivity contribution < 1.29 is 0 Å². The van der Waals surface area contributed by atoms with Crippen LogP contribution in [0.25, 0.3) is 0 Å². The van der Waals surface area contributed by atoms with Gasteiger partial charge in [0.2, 0.25) is 0 Å². The molecule has 0 aromatic carbocycles. The zero-order valence-corrected chi connectivity index (χ0v) is 43.0. The van der Waals surface area contributed by atoms with E-state index in [2.05, 4.69) is 172 Å². The summed E-state index contributed by atoms with van der Waals surface area (Å²) in [6, 6.07) is 1.61. The zero-order valence-electron chi connectivity index (χ0n) is 43.0. The SMILES string of the molecule is C.C.C.C.C.CC(C)(C)CN1CCC(C(C)(C)C)CC1.CC(C)(C)CN1CCCC1C(C)(C)C.CC(C)CN1CCC(C(C)(C)C)CC1.CC(C)CN1CCCC1C(C)(C)C. The highest BCUT2D eigenvalue weighted by atomic mass is 15.2. The molecule has 4 heteroatoms. The summed E-state index contributed by atoms with van der Waals surface area (Å²) in [5.41, 5.74) is 2.83. The third kappa shape index (κ3) is 29.9. The molecule has 4 rings (SSSR count). The summed E-state index contributed by atoms with van der Waals surface area (Å²) in [5.74, 6) is 3.49. The fourth-order valence-corrected chi connectivity index (χ4v) is 10.2. The van der Waals surface area contributed by atoms with Crippen LogP contribution in [0, 0.1) is 56.2 Å². The van der Waals surface area contributed by atoms with Crippen LogP contribution in [0.1, 0.15) is 241 Å². The van der Waals surface area contributed by atoms with E-state index in [-0.39, 0.29) is 37.1 Å². The molecule has 2 atom stereocenters. The molecule has 0 aromatic heterocycles. The molecular formula is C57H128N4. The summed E-state index contributed by atoms with van der Waals surface area (Å²) in [4.78, 5) is 10.7. The predicted molar refractivity (Wildman–Crippen MR) is 288 cm³/mol. The van der Waals surface area contributed by atoms with Crippen molar-refractivity contribution in [2.24, 2.45) is 56.2 Å². The summed E-state index contributed by atoms with van der Waals surface area (Å²) >= 11 is 0. The van der Waals surface area contributed by atoms with E-state index in [0.29, 0.717) is 32.5 Å². The van der Waals surface area contributed by atoms with Crippen molar-refractivity contribution in [2.75, 3.05) is 65.4 Å². The molecule has 4 heterocycles. The van der Waals surface area contributed by atoms with Crippen LogP contribution in [-0.4, -0.2) is 97.1 Å². The van der Waals surface area contributed by atoms with Crippen LogP contribution in [0.2, 0.25) is 0 Å². The highest BCUT2D eigenvalue weighted by molar-refractivity contribution is 4.90. The van der Waals surface area contributed by atoms with Gasteiger partial charge in [0.25, 0.3) is 0 Å². The van der Waals surface area contributed by atoms with E-state index in [9.17, 15) is 0 Å². The Labute approximate surface area is 392 Å². The van der Waals surface area contributed by atoms with Gasteiger partial charge < -0.3 is 9.80 Å². The van der Waals surface area contributed by atoms with Crippen LogP contribution in [0.4, 0.5) is 0 Å². The molecule has 4 nitrogen and oxygen atoms in total. The number of rotatable bonds is 6. The Kier molecular flexibility index (Phi) is 33.8. The lowest BCUT2D eigenvalue weighted by Crippen LogP contribution is -2.43. The summed E-state index contributed by atoms with van der Waals surface area (Å²) < 4.78 is 0. The molecule has 4 saturated heterocycles. The summed E-state index contributed by atoms with van der Waals surface area (Å²) in [7, 11) is 0. The van der Waals surface area contributed by atoms with Crippen LogP contribution in [-0.2, 0) is 0 Å². The Morgan fingerprint density at radius 3 is 0.967 bits per heavy atom. The molecule has 0 radical (unpaired) electrons. The summed E-state index contributed by atoms with van der Waals surface area (Å²) in [5, 5.41) is 0. The maximum absolute atomic E-state index is 2.69. The second-order valence-electron chi connectivity index (χ2n) is 26.8. The van der Waals surface area contributed by atoms with Gasteiger partial charge in [-0.2, -0.15) is 0 Å². The molecule has 376 valence electrons. The number of likely N-dealkylation sites (tertiary alicyclic amines) is 4. The Morgan fingerprint density at radius 2 is 0.672 bits per heavy atom. The lowest BCUT2D eigenvalue weighted by atomic mass is 9.75. The molecular weight excluding hydrogens is 741 g/mol. The smallest absolute Gasteiger partial charge is 0.0144 e. The van der Waals surface area contributed by atoms with Gasteiger partial charge in [-0.1, -0.05) is 189 Å². The topological polar surface area (TPSA) is 13.0 Å². The van der Waals surface area contributed by atoms with E-state index >= 15 is 0 Å². The first-order chi connectivity index (χ1) is 25.2. The van der Waals surface area contributed by atoms with E-state index in [4.69, 9.17) is 0 Å². The van der Waals surface area contributed by atoms with E-state index in [1.165, 1.54) is 117 Å². The monoisotopic (exact) mass is 869 g/mol. The van der Waals surface area contributed by atoms with Gasteiger partial charge >= 0.3 is 0 Å². The largest absolute Gasteiger partial charge is 0.303 e. The molecule has 0 N–H and O–H groups in total. The van der Waals surface area contributed by atoms with Gasteiger partial charge in [-0.25, -0.2) is 0 Å². The lowest BCUT2D eigenvalue weighted by Gasteiger charge is -2.40. The number of piperidine rings is 2. The normalized spacial score (nSPS) is 21.8. The fraction of sp³-hybridized carbons (Fsp3) is 1.00. The van der Waals surface area contributed by atoms with Crippen molar-refractivity contribution in [3.8, 4) is 0 Å². The minimum Gasteiger partial charge on any atom is -0.303 e. The second kappa shape index (κ2) is 29.5. The van der Waals surface area contributed by atoms with Gasteiger partial charge in [-0.3, -0.25) is 9.80 Å². The molecule has 4 aliphatic rings. The fourth-order valence-electron chi connectivity index (χ4n) is 10.2. The van der Waals surface area contributed by atoms with Crippen molar-refractivity contribution in [2.45, 2.75) is 253 Å². The average Bonchev–Trinajstić information content (AvgIpc) is 3.65. The average molecular weight is 870 g/mol. The van der Waals surface area contributed by atoms with E-state index in [1.54, 1.807) is 0 Å². The molecule has 4 fully saturated rings. The van der Waals surface area contributed by atoms with Crippen LogP contribution in [0.15, 0.2) is 0 Å². The third-order valence-corrected chi connectivity index (χ3v) is 12.9. The van der Waals surface area contributed by atoms with Crippen LogP contribution in [0.3, 0.4) is 0 Å². The quantitative estimate of drug-likeness (QED) is 0.264. The molecule has 0 bridgehead atoms. The number of nitrogens with zero attached hydrogens (tertiary/aromatic N) is 4. The molecule has 0 spiro atoms. The van der Waals surface area contributed by atoms with Gasteiger partial charge in [-0.05, 0) is 147 Å². The van der Waals surface area contributed by atoms with Crippen molar-refractivity contribution in [3.63, 3.8) is 0 Å². The van der Waals surface area contributed by atoms with Gasteiger partial charge in [0.1, 0.15) is 0 Å². The van der Waals surface area contributed by atoms with E-state index < -0.39 is 0 Å². The zero-order chi connectivity index (χ0) is 43.5. The first-order valence-corrected chi connectivity index (χ1v) is 24.1. The highest BCUT2D eigenvalue weighted by Gasteiger charge is 2.36. The van der Waals surface area contributed by atoms with Crippen molar-refractivity contribution in [3.05, 3.63) is 0 Å². The van der Waals surface area contributed by atoms with Crippen LogP contribution < -0.4 is 0 Å². The number of hydrogen-bond acceptors (Lipinski definition) is 4. The Balaban J connectivity index is -0.000000223. The van der Waals surface area contributed by atoms with E-state index in [0.717, 1.165) is 35.8 Å². The second-order valence-corrected chi connectivity index (χ2v) is 26.8. The first kappa shape index (κ1) is 69.9. The molecule has 2 unspecified atom stereocenters. The van der Waals surface area contributed by atoms with E-state index in [1.807, 2.05) is 0 Å². The molecule has 61 heavy (non-hydrogen) atoms. The van der Waals surface area contributed by atoms with Crippen LogP contribution >= 0.6 is 0 Å². The maximum Gasteiger partial charge on any atom is 0.0144 e. The molecule has 4 aliphatic heterocycles. The Hall–Kier alpha value is -0.160. The standard InChI is InChI=1S/C14H29N.2C13H27N.C12H25N.5CH4/c1-13(2,3)11-15-9-7-12(8-10-15)14(4,5)6;1-12(2,3)10-14-9-7-8-11(14)13(4,5)6;1-11(2)10-14-8-6-12(7-9-14)13(3,4)5;1-10(2)9-13-8-6-7-11(13)12(3,4)5;;;;;/h12H,7-11H2,1-6H3;11H,7-10H2,1-6H3;11-12H,6-10H2,1-5H3;10-11H,6-9H2,1-5H3;5*1H4. The highest BCUT2D eigenvalue weighted by Crippen LogP contribution is 2.37. The number of hydrogen-bond donors (Lipinski definition) is 0. The predicted octanol–water partition coefficient (Wildman–Crippen LogP) is 17.1. The molecule has 0 amide bonds. The minimum absolute atomic E-state index is 0. The molecule has 0 aromatic rings. The van der Waals surface area contributed by atoms with Gasteiger partial charge in [0.05, 0.1) is 0 Å². The van der Waals surface area contributed by atoms with Gasteiger partial charge in [0.15, 0.2) is 0 Å².